The van der Waals surface area contributed by atoms with E-state index < -0.39 is 10.0 Å². The molecule has 0 aliphatic carbocycles. The van der Waals surface area contributed by atoms with Gasteiger partial charge >= 0.3 is 0 Å². The quantitative estimate of drug-likeness (QED) is 0.617. The van der Waals surface area contributed by atoms with Gasteiger partial charge in [0.2, 0.25) is 10.0 Å². The normalized spacial score (nSPS) is 11.2. The van der Waals surface area contributed by atoms with E-state index in [2.05, 4.69) is 9.71 Å². The number of para-hydroxylation sites is 2. The zero-order valence-corrected chi connectivity index (χ0v) is 11.6. The highest BCUT2D eigenvalue weighted by atomic mass is 32.2. The van der Waals surface area contributed by atoms with Crippen molar-refractivity contribution in [3.63, 3.8) is 0 Å². The summed E-state index contributed by atoms with van der Waals surface area (Å²) in [5, 5.41) is 0. The van der Waals surface area contributed by atoms with E-state index in [-0.39, 0.29) is 5.75 Å². The molecule has 1 aromatic carbocycles. The van der Waals surface area contributed by atoms with Gasteiger partial charge in [-0.3, -0.25) is 9.71 Å². The van der Waals surface area contributed by atoms with Crippen LogP contribution in [-0.2, 0) is 16.4 Å². The van der Waals surface area contributed by atoms with Gasteiger partial charge in [0, 0.05) is 6.20 Å². The third kappa shape index (κ3) is 3.99. The molecule has 2 rings (SSSR count). The number of pyridine rings is 1. The summed E-state index contributed by atoms with van der Waals surface area (Å²) >= 11 is 0. The van der Waals surface area contributed by atoms with Crippen molar-refractivity contribution < 1.29 is 8.42 Å². The third-order valence-corrected chi connectivity index (χ3v) is 4.01. The summed E-state index contributed by atoms with van der Waals surface area (Å²) in [6, 6.07) is 10.1. The number of nitrogen functional groups attached to an aromatic ring is 1. The Bertz CT molecular complexity index is 687. The summed E-state index contributed by atoms with van der Waals surface area (Å²) in [6.45, 7) is 0. The molecule has 2 radical (unpaired) electrons. The minimum absolute atomic E-state index is 0.0487. The first kappa shape index (κ1) is 14.4. The van der Waals surface area contributed by atoms with Crippen LogP contribution in [-0.4, -0.2) is 27.0 Å². The molecule has 102 valence electrons. The molecule has 0 aliphatic heterocycles. The van der Waals surface area contributed by atoms with Gasteiger partial charge in [-0.2, -0.15) is 0 Å². The summed E-state index contributed by atoms with van der Waals surface area (Å²) in [5.41, 5.74) is 7.71. The predicted molar refractivity (Wildman–Crippen MR) is 81.6 cm³/mol. The lowest BCUT2D eigenvalue weighted by Crippen LogP contribution is -2.19. The summed E-state index contributed by atoms with van der Waals surface area (Å²) in [7, 11) is 2.02. The minimum Gasteiger partial charge on any atom is -0.397 e. The topological polar surface area (TPSA) is 85.1 Å². The summed E-state index contributed by atoms with van der Waals surface area (Å²) in [5.74, 6) is -0.0487. The zero-order valence-electron chi connectivity index (χ0n) is 10.8. The van der Waals surface area contributed by atoms with Crippen LogP contribution in [0.5, 0.6) is 0 Å². The van der Waals surface area contributed by atoms with Crippen molar-refractivity contribution in [3.8, 4) is 0 Å². The first-order chi connectivity index (χ1) is 9.46. The largest absolute Gasteiger partial charge is 0.397 e. The van der Waals surface area contributed by atoms with Crippen LogP contribution in [0, 0.1) is 0 Å². The van der Waals surface area contributed by atoms with Gasteiger partial charge in [0.1, 0.15) is 7.85 Å². The van der Waals surface area contributed by atoms with E-state index in [1.165, 1.54) is 0 Å². The van der Waals surface area contributed by atoms with Gasteiger partial charge in [0.15, 0.2) is 0 Å². The highest BCUT2D eigenvalue weighted by Gasteiger charge is 2.12. The van der Waals surface area contributed by atoms with Gasteiger partial charge < -0.3 is 5.73 Å². The number of nitrogens with zero attached hydrogens (tertiary/aromatic N) is 1. The maximum Gasteiger partial charge on any atom is 0.233 e. The van der Waals surface area contributed by atoms with Gasteiger partial charge in [0.25, 0.3) is 0 Å². The Morgan fingerprint density at radius 3 is 2.60 bits per heavy atom. The molecule has 20 heavy (non-hydrogen) atoms. The van der Waals surface area contributed by atoms with E-state index in [4.69, 9.17) is 13.6 Å². The van der Waals surface area contributed by atoms with E-state index in [0.717, 1.165) is 5.56 Å². The lowest BCUT2D eigenvalue weighted by Gasteiger charge is -2.10. The Hall–Kier alpha value is -2.02. The molecule has 0 spiro atoms. The van der Waals surface area contributed by atoms with Gasteiger partial charge in [0.05, 0.1) is 17.1 Å². The SMILES string of the molecule is [B]c1ccc(CCS(=O)(=O)Nc2ccccc2N)cn1. The molecule has 3 N–H and O–H groups in total. The number of benzene rings is 1. The average Bonchev–Trinajstić information content (AvgIpc) is 2.41. The number of aryl methyl sites for hydroxylation is 1. The van der Waals surface area contributed by atoms with Crippen LogP contribution in [0.3, 0.4) is 0 Å². The molecule has 0 bridgehead atoms. The Balaban J connectivity index is 2.01. The number of anilines is 2. The van der Waals surface area contributed by atoms with Crippen LogP contribution in [0.1, 0.15) is 5.56 Å². The number of sulfonamides is 1. The van der Waals surface area contributed by atoms with Crippen molar-refractivity contribution in [1.82, 2.24) is 4.98 Å². The minimum atomic E-state index is -3.45. The summed E-state index contributed by atoms with van der Waals surface area (Å²) in [6.07, 6.45) is 1.93. The number of aromatic nitrogens is 1. The second kappa shape index (κ2) is 5.96. The molecule has 0 saturated carbocycles. The maximum absolute atomic E-state index is 12.0. The van der Waals surface area contributed by atoms with Crippen molar-refractivity contribution in [2.45, 2.75) is 6.42 Å². The fourth-order valence-electron chi connectivity index (χ4n) is 1.64. The second-order valence-corrected chi connectivity index (χ2v) is 6.19. The van der Waals surface area contributed by atoms with E-state index in [1.807, 2.05) is 0 Å². The molecule has 0 aliphatic rings. The van der Waals surface area contributed by atoms with Gasteiger partial charge in [-0.15, -0.1) is 0 Å². The number of rotatable bonds is 5. The lowest BCUT2D eigenvalue weighted by atomic mass is 10.0. The van der Waals surface area contributed by atoms with E-state index >= 15 is 0 Å². The molecule has 2 aromatic rings. The zero-order chi connectivity index (χ0) is 14.6. The van der Waals surface area contributed by atoms with Crippen molar-refractivity contribution in [2.24, 2.45) is 0 Å². The van der Waals surface area contributed by atoms with Crippen LogP contribution < -0.4 is 16.0 Å². The first-order valence-corrected chi connectivity index (χ1v) is 7.67. The van der Waals surface area contributed by atoms with Crippen molar-refractivity contribution in [3.05, 3.63) is 48.2 Å². The van der Waals surface area contributed by atoms with E-state index in [0.29, 0.717) is 23.4 Å². The van der Waals surface area contributed by atoms with Crippen LogP contribution >= 0.6 is 0 Å². The Morgan fingerprint density at radius 2 is 1.95 bits per heavy atom. The highest BCUT2D eigenvalue weighted by Crippen LogP contribution is 2.18. The molecule has 0 fully saturated rings. The highest BCUT2D eigenvalue weighted by molar-refractivity contribution is 7.92. The summed E-state index contributed by atoms with van der Waals surface area (Å²) in [4.78, 5) is 3.92. The lowest BCUT2D eigenvalue weighted by molar-refractivity contribution is 0.600. The Labute approximate surface area is 119 Å². The van der Waals surface area contributed by atoms with E-state index in [9.17, 15) is 8.42 Å². The molecule has 7 heteroatoms. The molecule has 1 heterocycles. The van der Waals surface area contributed by atoms with E-state index in [1.54, 1.807) is 42.6 Å². The molecule has 0 unspecified atom stereocenters. The number of nitrogens with two attached hydrogens (primary N) is 1. The molecule has 5 nitrogen and oxygen atoms in total. The van der Waals surface area contributed by atoms with Gasteiger partial charge in [-0.05, 0) is 29.7 Å². The monoisotopic (exact) mass is 287 g/mol. The second-order valence-electron chi connectivity index (χ2n) is 4.35. The van der Waals surface area contributed by atoms with Crippen molar-refractivity contribution in [1.29, 1.82) is 0 Å². The molecule has 1 aromatic heterocycles. The standard InChI is InChI=1S/C13H14BN3O2S/c14-13-6-5-10(9-16-13)7-8-20(18,19)17-12-4-2-1-3-11(12)15/h1-6,9,17H,7-8,15H2. The molecular formula is C13H14BN3O2S. The Kier molecular flexibility index (Phi) is 4.29. The Morgan fingerprint density at radius 1 is 1.20 bits per heavy atom. The number of hydrogen-bond acceptors (Lipinski definition) is 4. The fraction of sp³-hybridized carbons (Fsp3) is 0.154. The third-order valence-electron chi connectivity index (χ3n) is 2.73. The first-order valence-electron chi connectivity index (χ1n) is 6.02. The van der Waals surface area contributed by atoms with Gasteiger partial charge in [-0.25, -0.2) is 8.42 Å². The van der Waals surface area contributed by atoms with Crippen molar-refractivity contribution >= 4 is 34.8 Å². The van der Waals surface area contributed by atoms with Crippen LogP contribution in [0.15, 0.2) is 42.6 Å². The molecule has 0 saturated heterocycles. The van der Waals surface area contributed by atoms with Crippen LogP contribution in [0.2, 0.25) is 0 Å². The molecule has 0 atom stereocenters. The fourth-order valence-corrected chi connectivity index (χ4v) is 2.77. The average molecular weight is 287 g/mol. The molecule has 0 amide bonds. The number of nitrogens with one attached hydrogen (secondary N) is 1. The summed E-state index contributed by atoms with van der Waals surface area (Å²) < 4.78 is 26.4. The maximum atomic E-state index is 12.0. The predicted octanol–water partition coefficient (Wildman–Crippen LogP) is 0.442. The molecular weight excluding hydrogens is 273 g/mol. The number of hydrogen-bond donors (Lipinski definition) is 2. The van der Waals surface area contributed by atoms with Crippen molar-refractivity contribution in [2.75, 3.05) is 16.2 Å². The van der Waals surface area contributed by atoms with Crippen LogP contribution in [0.25, 0.3) is 0 Å². The smallest absolute Gasteiger partial charge is 0.233 e. The van der Waals surface area contributed by atoms with Gasteiger partial charge in [-0.1, -0.05) is 24.3 Å². The van der Waals surface area contributed by atoms with Crippen LogP contribution in [0.4, 0.5) is 11.4 Å².